The third-order valence-electron chi connectivity index (χ3n) is 2.35. The highest BCUT2D eigenvalue weighted by atomic mass is 16.2. The summed E-state index contributed by atoms with van der Waals surface area (Å²) in [5.41, 5.74) is 6.06. The summed E-state index contributed by atoms with van der Waals surface area (Å²) >= 11 is 0. The van der Waals surface area contributed by atoms with Gasteiger partial charge in [-0.05, 0) is 12.8 Å². The van der Waals surface area contributed by atoms with Crippen LogP contribution in [0, 0.1) is 5.92 Å². The third-order valence-corrected chi connectivity index (χ3v) is 2.35. The lowest BCUT2D eigenvalue weighted by atomic mass is 10.1. The van der Waals surface area contributed by atoms with Gasteiger partial charge >= 0.3 is 0 Å². The molecule has 0 aromatic carbocycles. The first-order chi connectivity index (χ1) is 6.99. The number of anilines is 1. The van der Waals surface area contributed by atoms with Gasteiger partial charge in [0.1, 0.15) is 6.54 Å². The Balaban J connectivity index is 2.43. The van der Waals surface area contributed by atoms with E-state index in [1.54, 1.807) is 6.20 Å². The molecule has 0 aliphatic heterocycles. The maximum atomic E-state index is 11.5. The fourth-order valence-corrected chi connectivity index (χ4v) is 1.08. The zero-order chi connectivity index (χ0) is 11.4. The van der Waals surface area contributed by atoms with E-state index in [9.17, 15) is 4.79 Å². The zero-order valence-electron chi connectivity index (χ0n) is 9.40. The minimum Gasteiger partial charge on any atom is -0.396 e. The van der Waals surface area contributed by atoms with E-state index < -0.39 is 0 Å². The molecule has 0 radical (unpaired) electrons. The number of nitrogen functional groups attached to an aromatic ring is 1. The number of rotatable bonds is 4. The number of hydrogen-bond acceptors (Lipinski definition) is 3. The molecule has 0 saturated heterocycles. The van der Waals surface area contributed by atoms with Crippen LogP contribution < -0.4 is 11.1 Å². The summed E-state index contributed by atoms with van der Waals surface area (Å²) in [6.45, 7) is 6.34. The standard InChI is InChI=1S/C10H18N4O/c1-7(2)8(3)13-10(15)6-14-5-9(11)4-12-14/h4-5,7-8H,6,11H2,1-3H3,(H,13,15). The fourth-order valence-electron chi connectivity index (χ4n) is 1.08. The van der Waals surface area contributed by atoms with Gasteiger partial charge in [-0.3, -0.25) is 9.48 Å². The highest BCUT2D eigenvalue weighted by molar-refractivity contribution is 5.76. The third kappa shape index (κ3) is 3.61. The van der Waals surface area contributed by atoms with Gasteiger partial charge in [0.05, 0.1) is 11.9 Å². The van der Waals surface area contributed by atoms with Crippen LogP contribution in [0.5, 0.6) is 0 Å². The summed E-state index contributed by atoms with van der Waals surface area (Å²) in [7, 11) is 0. The van der Waals surface area contributed by atoms with Crippen LogP contribution >= 0.6 is 0 Å². The van der Waals surface area contributed by atoms with E-state index in [1.807, 2.05) is 6.92 Å². The molecule has 1 heterocycles. The van der Waals surface area contributed by atoms with Gasteiger partial charge < -0.3 is 11.1 Å². The second-order valence-corrected chi connectivity index (χ2v) is 4.07. The number of amides is 1. The molecule has 3 N–H and O–H groups in total. The van der Waals surface area contributed by atoms with Crippen molar-refractivity contribution in [3.8, 4) is 0 Å². The van der Waals surface area contributed by atoms with Gasteiger partial charge in [0.15, 0.2) is 0 Å². The zero-order valence-corrected chi connectivity index (χ0v) is 9.40. The predicted octanol–water partition coefficient (Wildman–Crippen LogP) is 0.626. The molecule has 15 heavy (non-hydrogen) atoms. The average molecular weight is 210 g/mol. The molecule has 1 atom stereocenters. The van der Waals surface area contributed by atoms with E-state index in [4.69, 9.17) is 5.73 Å². The molecular weight excluding hydrogens is 192 g/mol. The van der Waals surface area contributed by atoms with Crippen LogP contribution in [0.1, 0.15) is 20.8 Å². The van der Waals surface area contributed by atoms with Crippen molar-refractivity contribution in [1.82, 2.24) is 15.1 Å². The predicted molar refractivity (Wildman–Crippen MR) is 59.1 cm³/mol. The normalized spacial score (nSPS) is 12.8. The SMILES string of the molecule is CC(C)C(C)NC(=O)Cn1cc(N)cn1. The molecular formula is C10H18N4O. The molecule has 1 amide bonds. The molecule has 0 aliphatic carbocycles. The molecule has 0 fully saturated rings. The smallest absolute Gasteiger partial charge is 0.241 e. The second-order valence-electron chi connectivity index (χ2n) is 4.07. The topological polar surface area (TPSA) is 72.9 Å². The van der Waals surface area contributed by atoms with Gasteiger partial charge in [0.2, 0.25) is 5.91 Å². The Hall–Kier alpha value is -1.52. The van der Waals surface area contributed by atoms with Gasteiger partial charge in [-0.1, -0.05) is 13.8 Å². The number of carbonyl (C=O) groups excluding carboxylic acids is 1. The first-order valence-corrected chi connectivity index (χ1v) is 5.06. The van der Waals surface area contributed by atoms with Crippen LogP contribution in [0.3, 0.4) is 0 Å². The van der Waals surface area contributed by atoms with Crippen LogP contribution in [0.15, 0.2) is 12.4 Å². The van der Waals surface area contributed by atoms with E-state index in [1.165, 1.54) is 10.9 Å². The number of hydrogen-bond donors (Lipinski definition) is 2. The lowest BCUT2D eigenvalue weighted by Crippen LogP contribution is -2.38. The summed E-state index contributed by atoms with van der Waals surface area (Å²) in [6.07, 6.45) is 3.17. The van der Waals surface area contributed by atoms with Crippen molar-refractivity contribution >= 4 is 11.6 Å². The largest absolute Gasteiger partial charge is 0.396 e. The van der Waals surface area contributed by atoms with Crippen molar-refractivity contribution < 1.29 is 4.79 Å². The van der Waals surface area contributed by atoms with E-state index in [0.29, 0.717) is 11.6 Å². The van der Waals surface area contributed by atoms with Gasteiger partial charge in [-0.25, -0.2) is 0 Å². The van der Waals surface area contributed by atoms with Crippen LogP contribution in [0.4, 0.5) is 5.69 Å². The Kier molecular flexibility index (Phi) is 3.71. The lowest BCUT2D eigenvalue weighted by Gasteiger charge is -2.17. The van der Waals surface area contributed by atoms with Crippen molar-refractivity contribution in [2.45, 2.75) is 33.4 Å². The van der Waals surface area contributed by atoms with Gasteiger partial charge in [-0.2, -0.15) is 5.10 Å². The maximum absolute atomic E-state index is 11.5. The Labute approximate surface area is 89.6 Å². The van der Waals surface area contributed by atoms with E-state index in [2.05, 4.69) is 24.3 Å². The Morgan fingerprint density at radius 3 is 2.73 bits per heavy atom. The van der Waals surface area contributed by atoms with Gasteiger partial charge in [-0.15, -0.1) is 0 Å². The van der Waals surface area contributed by atoms with Crippen molar-refractivity contribution in [3.63, 3.8) is 0 Å². The fraction of sp³-hybridized carbons (Fsp3) is 0.600. The number of aromatic nitrogens is 2. The highest BCUT2D eigenvalue weighted by Gasteiger charge is 2.11. The Bertz CT molecular complexity index is 332. The van der Waals surface area contributed by atoms with Crippen molar-refractivity contribution in [2.75, 3.05) is 5.73 Å². The molecule has 0 spiro atoms. The molecule has 0 bridgehead atoms. The molecule has 0 saturated carbocycles. The maximum Gasteiger partial charge on any atom is 0.241 e. The number of nitrogens with two attached hydrogens (primary N) is 1. The molecule has 84 valence electrons. The van der Waals surface area contributed by atoms with Crippen LogP contribution in [-0.2, 0) is 11.3 Å². The van der Waals surface area contributed by atoms with Crippen LogP contribution in [0.2, 0.25) is 0 Å². The first kappa shape index (κ1) is 11.6. The number of carbonyl (C=O) groups is 1. The molecule has 1 aromatic rings. The molecule has 5 heteroatoms. The monoisotopic (exact) mass is 210 g/mol. The summed E-state index contributed by atoms with van der Waals surface area (Å²) < 4.78 is 1.53. The van der Waals surface area contributed by atoms with E-state index in [0.717, 1.165) is 0 Å². The van der Waals surface area contributed by atoms with Gasteiger partial charge in [0, 0.05) is 12.2 Å². The molecule has 1 rings (SSSR count). The summed E-state index contributed by atoms with van der Waals surface area (Å²) in [4.78, 5) is 11.5. The van der Waals surface area contributed by atoms with Gasteiger partial charge in [0.25, 0.3) is 0 Å². The van der Waals surface area contributed by atoms with E-state index in [-0.39, 0.29) is 18.5 Å². The minimum absolute atomic E-state index is 0.0423. The molecule has 1 unspecified atom stereocenters. The second kappa shape index (κ2) is 4.82. The average Bonchev–Trinajstić information content (AvgIpc) is 2.50. The highest BCUT2D eigenvalue weighted by Crippen LogP contribution is 2.01. The lowest BCUT2D eigenvalue weighted by molar-refractivity contribution is -0.122. The quantitative estimate of drug-likeness (QED) is 0.765. The Morgan fingerprint density at radius 1 is 1.60 bits per heavy atom. The van der Waals surface area contributed by atoms with Crippen molar-refractivity contribution in [2.24, 2.45) is 5.92 Å². The summed E-state index contributed by atoms with van der Waals surface area (Å²) in [5.74, 6) is 0.385. The molecule has 1 aromatic heterocycles. The summed E-state index contributed by atoms with van der Waals surface area (Å²) in [6, 6.07) is 0.172. The Morgan fingerprint density at radius 2 is 2.27 bits per heavy atom. The van der Waals surface area contributed by atoms with Crippen LogP contribution in [0.25, 0.3) is 0 Å². The summed E-state index contributed by atoms with van der Waals surface area (Å²) in [5, 5.41) is 6.84. The number of nitrogens with zero attached hydrogens (tertiary/aromatic N) is 2. The van der Waals surface area contributed by atoms with E-state index >= 15 is 0 Å². The minimum atomic E-state index is -0.0423. The van der Waals surface area contributed by atoms with Crippen LogP contribution in [-0.4, -0.2) is 21.7 Å². The first-order valence-electron chi connectivity index (χ1n) is 5.06. The van der Waals surface area contributed by atoms with Crippen molar-refractivity contribution in [1.29, 1.82) is 0 Å². The number of nitrogens with one attached hydrogen (secondary N) is 1. The molecule has 0 aliphatic rings. The van der Waals surface area contributed by atoms with Crippen molar-refractivity contribution in [3.05, 3.63) is 12.4 Å². The molecule has 5 nitrogen and oxygen atoms in total.